The summed E-state index contributed by atoms with van der Waals surface area (Å²) in [5.41, 5.74) is 0. The average molecular weight is 378 g/mol. The van der Waals surface area contributed by atoms with Crippen molar-refractivity contribution in [3.63, 3.8) is 0 Å². The maximum atomic E-state index is 10.9. The lowest BCUT2D eigenvalue weighted by Gasteiger charge is -2.05. The zero-order valence-electron chi connectivity index (χ0n) is 16.0. The summed E-state index contributed by atoms with van der Waals surface area (Å²) in [5.74, 6) is -0.0917. The molecule has 0 N–H and O–H groups in total. The predicted molar refractivity (Wildman–Crippen MR) is 101 cm³/mol. The van der Waals surface area contributed by atoms with Gasteiger partial charge in [0.05, 0.1) is 25.1 Å². The number of methoxy groups -OCH3 is 1. The van der Waals surface area contributed by atoms with Crippen LogP contribution in [0.15, 0.2) is 0 Å². The quantitative estimate of drug-likeness (QED) is 0.175. The highest BCUT2D eigenvalue weighted by Gasteiger charge is 1.99. The molecule has 0 aromatic carbocycles. The van der Waals surface area contributed by atoms with E-state index in [4.69, 9.17) is 0 Å². The third-order valence-electron chi connectivity index (χ3n) is 4.43. The molecule has 0 amide bonds. The summed E-state index contributed by atoms with van der Waals surface area (Å²) in [6.45, 7) is 0.321. The van der Waals surface area contributed by atoms with Crippen LogP contribution in [0.2, 0.25) is 0 Å². The largest absolute Gasteiger partial charge is 0.750 e. The summed E-state index contributed by atoms with van der Waals surface area (Å²) < 4.78 is 29.4. The van der Waals surface area contributed by atoms with Gasteiger partial charge in [-0.1, -0.05) is 83.5 Å². The molecule has 0 aromatic rings. The van der Waals surface area contributed by atoms with E-state index in [0.717, 1.165) is 25.7 Å². The fourth-order valence-electron chi connectivity index (χ4n) is 2.90. The zero-order valence-corrected chi connectivity index (χ0v) is 16.8. The summed E-state index contributed by atoms with van der Waals surface area (Å²) in [6.07, 6.45) is 18.7. The van der Waals surface area contributed by atoms with Crippen molar-refractivity contribution in [1.29, 1.82) is 0 Å². The molecule has 1 atom stereocenters. The Morgan fingerprint density at radius 2 is 1.08 bits per heavy atom. The van der Waals surface area contributed by atoms with E-state index in [1.54, 1.807) is 0 Å². The SMILES string of the molecule is COC(=O)CCCCCCCCCCCCCCCCCOS(=O)[O-]. The molecule has 0 bridgehead atoms. The first-order valence-electron chi connectivity index (χ1n) is 9.96. The molecule has 0 rings (SSSR count). The summed E-state index contributed by atoms with van der Waals surface area (Å²) in [5, 5.41) is 0. The molecule has 0 aliphatic rings. The normalized spacial score (nSPS) is 12.2. The van der Waals surface area contributed by atoms with Gasteiger partial charge < -0.3 is 13.5 Å². The number of esters is 1. The molecular formula is C19H37O5S-. The highest BCUT2D eigenvalue weighted by atomic mass is 32.2. The smallest absolute Gasteiger partial charge is 0.305 e. The van der Waals surface area contributed by atoms with E-state index < -0.39 is 11.4 Å². The molecule has 0 aliphatic carbocycles. The minimum atomic E-state index is -2.35. The van der Waals surface area contributed by atoms with Gasteiger partial charge in [-0.2, -0.15) is 0 Å². The number of ether oxygens (including phenoxy) is 1. The molecule has 0 saturated heterocycles. The van der Waals surface area contributed by atoms with Crippen molar-refractivity contribution in [3.05, 3.63) is 0 Å². The first-order chi connectivity index (χ1) is 12.2. The average Bonchev–Trinajstić information content (AvgIpc) is 2.60. The molecule has 25 heavy (non-hydrogen) atoms. The summed E-state index contributed by atoms with van der Waals surface area (Å²) in [4.78, 5) is 10.9. The van der Waals surface area contributed by atoms with Crippen LogP contribution in [0.4, 0.5) is 0 Å². The van der Waals surface area contributed by atoms with E-state index >= 15 is 0 Å². The molecule has 0 spiro atoms. The minimum absolute atomic E-state index is 0.0917. The number of unbranched alkanes of at least 4 members (excludes halogenated alkanes) is 14. The maximum absolute atomic E-state index is 10.9. The molecular weight excluding hydrogens is 340 g/mol. The van der Waals surface area contributed by atoms with Crippen molar-refractivity contribution < 1.29 is 22.5 Å². The second kappa shape index (κ2) is 19.9. The Kier molecular flexibility index (Phi) is 19.5. The molecule has 0 heterocycles. The first kappa shape index (κ1) is 24.5. The molecule has 5 nitrogen and oxygen atoms in total. The van der Waals surface area contributed by atoms with Gasteiger partial charge in [-0.25, -0.2) is 4.21 Å². The molecule has 1 unspecified atom stereocenters. The van der Waals surface area contributed by atoms with Crippen molar-refractivity contribution in [3.8, 4) is 0 Å². The zero-order chi connectivity index (χ0) is 18.6. The molecule has 0 saturated carbocycles. The van der Waals surface area contributed by atoms with E-state index in [2.05, 4.69) is 8.92 Å². The third kappa shape index (κ3) is 21.5. The molecule has 0 radical (unpaired) electrons. The summed E-state index contributed by atoms with van der Waals surface area (Å²) in [7, 11) is 1.45. The van der Waals surface area contributed by atoms with Gasteiger partial charge in [0.2, 0.25) is 0 Å². The van der Waals surface area contributed by atoms with Crippen molar-refractivity contribution >= 4 is 17.3 Å². The van der Waals surface area contributed by atoms with E-state index in [0.29, 0.717) is 13.0 Å². The lowest BCUT2D eigenvalue weighted by molar-refractivity contribution is -0.140. The van der Waals surface area contributed by atoms with Gasteiger partial charge >= 0.3 is 5.97 Å². The summed E-state index contributed by atoms with van der Waals surface area (Å²) in [6, 6.07) is 0. The standard InChI is InChI=1S/C19H38O5S/c1-23-19(20)17-15-13-11-9-7-5-3-2-4-6-8-10-12-14-16-18-24-25(21)22/h2-18H2,1H3,(H,21,22)/p-1. The minimum Gasteiger partial charge on any atom is -0.750 e. The van der Waals surface area contributed by atoms with Crippen LogP contribution in [-0.4, -0.2) is 28.4 Å². The molecule has 0 fully saturated rings. The van der Waals surface area contributed by atoms with Crippen LogP contribution >= 0.6 is 0 Å². The van der Waals surface area contributed by atoms with E-state index in [-0.39, 0.29) is 5.97 Å². The number of carbonyl (C=O) groups is 1. The fraction of sp³-hybridized carbons (Fsp3) is 0.947. The Morgan fingerprint density at radius 1 is 0.720 bits per heavy atom. The molecule has 150 valence electrons. The Labute approximate surface area is 156 Å². The monoisotopic (exact) mass is 377 g/mol. The van der Waals surface area contributed by atoms with Gasteiger partial charge in [-0.05, 0) is 12.8 Å². The highest BCUT2D eigenvalue weighted by molar-refractivity contribution is 7.74. The van der Waals surface area contributed by atoms with Crippen LogP contribution in [0.3, 0.4) is 0 Å². The summed E-state index contributed by atoms with van der Waals surface area (Å²) >= 11 is -2.35. The number of rotatable bonds is 19. The van der Waals surface area contributed by atoms with E-state index in [9.17, 15) is 13.6 Å². The van der Waals surface area contributed by atoms with Crippen molar-refractivity contribution in [2.75, 3.05) is 13.7 Å². The number of carbonyl (C=O) groups excluding carboxylic acids is 1. The third-order valence-corrected chi connectivity index (χ3v) is 4.79. The Bertz CT molecular complexity index is 323. The second-order valence-corrected chi connectivity index (χ2v) is 7.30. The number of hydrogen-bond donors (Lipinski definition) is 0. The Morgan fingerprint density at radius 3 is 1.44 bits per heavy atom. The van der Waals surface area contributed by atoms with E-state index in [1.807, 2.05) is 0 Å². The lowest BCUT2D eigenvalue weighted by Crippen LogP contribution is -1.99. The van der Waals surface area contributed by atoms with Crippen LogP contribution in [0.5, 0.6) is 0 Å². The maximum Gasteiger partial charge on any atom is 0.305 e. The van der Waals surface area contributed by atoms with Gasteiger partial charge in [0.1, 0.15) is 0 Å². The fourth-order valence-corrected chi connectivity index (χ4v) is 3.15. The van der Waals surface area contributed by atoms with Gasteiger partial charge in [0, 0.05) is 6.42 Å². The highest BCUT2D eigenvalue weighted by Crippen LogP contribution is 2.13. The second-order valence-electron chi connectivity index (χ2n) is 6.66. The van der Waals surface area contributed by atoms with Crippen molar-refractivity contribution in [2.45, 2.75) is 103 Å². The van der Waals surface area contributed by atoms with Crippen LogP contribution in [0, 0.1) is 0 Å². The first-order valence-corrected chi connectivity index (χ1v) is 11.0. The molecule has 0 aliphatic heterocycles. The van der Waals surface area contributed by atoms with Crippen LogP contribution in [0.25, 0.3) is 0 Å². The Hall–Kier alpha value is -0.460. The molecule has 6 heteroatoms. The van der Waals surface area contributed by atoms with Crippen LogP contribution in [0.1, 0.15) is 103 Å². The predicted octanol–water partition coefficient (Wildman–Crippen LogP) is 5.21. The van der Waals surface area contributed by atoms with Gasteiger partial charge in [-0.3, -0.25) is 4.79 Å². The van der Waals surface area contributed by atoms with Crippen LogP contribution < -0.4 is 0 Å². The van der Waals surface area contributed by atoms with E-state index in [1.165, 1.54) is 77.7 Å². The van der Waals surface area contributed by atoms with Crippen molar-refractivity contribution in [2.24, 2.45) is 0 Å². The topological polar surface area (TPSA) is 75.7 Å². The van der Waals surface area contributed by atoms with Gasteiger partial charge in [0.15, 0.2) is 0 Å². The lowest BCUT2D eigenvalue weighted by atomic mass is 10.0. The molecule has 0 aromatic heterocycles. The van der Waals surface area contributed by atoms with Gasteiger partial charge in [-0.15, -0.1) is 0 Å². The van der Waals surface area contributed by atoms with Gasteiger partial charge in [0.25, 0.3) is 0 Å². The Balaban J connectivity index is 3.03. The number of hydrogen-bond acceptors (Lipinski definition) is 5. The van der Waals surface area contributed by atoms with Crippen molar-refractivity contribution in [1.82, 2.24) is 0 Å². The van der Waals surface area contributed by atoms with Crippen LogP contribution in [-0.2, 0) is 25.1 Å².